The molecule has 0 unspecified atom stereocenters. The molecule has 1 N–H and O–H groups in total. The molecule has 5 nitrogen and oxygen atoms in total. The third-order valence-corrected chi connectivity index (χ3v) is 6.92. The molecule has 0 atom stereocenters. The van der Waals surface area contributed by atoms with Crippen LogP contribution in [0, 0.1) is 0 Å². The van der Waals surface area contributed by atoms with Crippen molar-refractivity contribution in [1.29, 1.82) is 0 Å². The highest BCUT2D eigenvalue weighted by atomic mass is 35.5. The molecule has 0 radical (unpaired) electrons. The number of aryl methyl sites for hydroxylation is 1. The molecule has 1 heterocycles. The quantitative estimate of drug-likeness (QED) is 0.750. The number of nitrogens with zero attached hydrogens (tertiary/aromatic N) is 1. The lowest BCUT2D eigenvalue weighted by atomic mass is 10.0. The first-order chi connectivity index (χ1) is 12.8. The van der Waals surface area contributed by atoms with E-state index in [0.29, 0.717) is 34.4 Å². The van der Waals surface area contributed by atoms with Crippen LogP contribution < -0.4 is 9.62 Å². The van der Waals surface area contributed by atoms with Gasteiger partial charge in [-0.15, -0.1) is 0 Å². The number of halogens is 2. The van der Waals surface area contributed by atoms with Gasteiger partial charge in [-0.1, -0.05) is 30.1 Å². The van der Waals surface area contributed by atoms with E-state index in [-0.39, 0.29) is 17.2 Å². The van der Waals surface area contributed by atoms with Gasteiger partial charge in [0.2, 0.25) is 10.0 Å². The molecule has 27 heavy (non-hydrogen) atoms. The maximum absolute atomic E-state index is 12.5. The lowest BCUT2D eigenvalue weighted by Gasteiger charge is -2.30. The van der Waals surface area contributed by atoms with E-state index < -0.39 is 10.0 Å². The largest absolute Gasteiger partial charge is 0.322 e. The van der Waals surface area contributed by atoms with Crippen LogP contribution in [0.25, 0.3) is 0 Å². The molecule has 1 aliphatic rings. The van der Waals surface area contributed by atoms with Gasteiger partial charge in [0.15, 0.2) is 0 Å². The Balaban J connectivity index is 1.86. The van der Waals surface area contributed by atoms with Gasteiger partial charge in [-0.2, -0.15) is 0 Å². The van der Waals surface area contributed by atoms with Gasteiger partial charge in [-0.05, 0) is 61.2 Å². The Kier molecular flexibility index (Phi) is 5.99. The third kappa shape index (κ3) is 4.39. The van der Waals surface area contributed by atoms with Crippen LogP contribution >= 0.6 is 23.2 Å². The van der Waals surface area contributed by atoms with E-state index in [1.165, 1.54) is 10.4 Å². The van der Waals surface area contributed by atoms with Crippen LogP contribution in [-0.4, -0.2) is 26.6 Å². The molecule has 1 amide bonds. The molecular formula is C19H20Cl2N2O3S. The van der Waals surface area contributed by atoms with Crippen molar-refractivity contribution in [3.63, 3.8) is 0 Å². The van der Waals surface area contributed by atoms with Crippen molar-refractivity contribution in [3.05, 3.63) is 57.6 Å². The highest BCUT2D eigenvalue weighted by molar-refractivity contribution is 7.92. The standard InChI is InChI=1S/C19H20Cl2N2O3S/c1-2-10-27(25,26)23-9-3-4-13-11-15(6-8-18(13)23)22-19(24)16-12-14(20)5-7-17(16)21/h5-8,11-12H,2-4,9-10H2,1H3,(H,22,24). The zero-order valence-electron chi connectivity index (χ0n) is 14.8. The van der Waals surface area contributed by atoms with Gasteiger partial charge < -0.3 is 5.32 Å². The van der Waals surface area contributed by atoms with Crippen molar-refractivity contribution in [2.45, 2.75) is 26.2 Å². The smallest absolute Gasteiger partial charge is 0.257 e. The van der Waals surface area contributed by atoms with E-state index in [0.717, 1.165) is 18.4 Å². The molecule has 1 aliphatic heterocycles. The number of hydrogen-bond donors (Lipinski definition) is 1. The number of rotatable bonds is 5. The zero-order chi connectivity index (χ0) is 19.6. The Morgan fingerprint density at radius 1 is 1.19 bits per heavy atom. The SMILES string of the molecule is CCCS(=O)(=O)N1CCCc2cc(NC(=O)c3cc(Cl)ccc3Cl)ccc21. The van der Waals surface area contributed by atoms with Gasteiger partial charge in [0, 0.05) is 17.3 Å². The number of anilines is 2. The van der Waals surface area contributed by atoms with E-state index in [2.05, 4.69) is 5.32 Å². The van der Waals surface area contributed by atoms with Crippen molar-refractivity contribution in [1.82, 2.24) is 0 Å². The third-order valence-electron chi connectivity index (χ3n) is 4.38. The first-order valence-corrected chi connectivity index (χ1v) is 11.1. The predicted molar refractivity (Wildman–Crippen MR) is 111 cm³/mol. The van der Waals surface area contributed by atoms with Gasteiger partial charge >= 0.3 is 0 Å². The minimum Gasteiger partial charge on any atom is -0.322 e. The van der Waals surface area contributed by atoms with Crippen LogP contribution in [-0.2, 0) is 16.4 Å². The second kappa shape index (κ2) is 8.09. The molecule has 144 valence electrons. The lowest BCUT2D eigenvalue weighted by Crippen LogP contribution is -2.37. The maximum Gasteiger partial charge on any atom is 0.257 e. The summed E-state index contributed by atoms with van der Waals surface area (Å²) in [6, 6.07) is 9.97. The molecule has 0 aromatic heterocycles. The molecule has 0 spiro atoms. The topological polar surface area (TPSA) is 66.5 Å². The Hall–Kier alpha value is -1.76. The number of fused-ring (bicyclic) bond motifs is 1. The fourth-order valence-corrected chi connectivity index (χ4v) is 5.16. The zero-order valence-corrected chi connectivity index (χ0v) is 17.2. The summed E-state index contributed by atoms with van der Waals surface area (Å²) >= 11 is 12.0. The predicted octanol–water partition coefficient (Wildman–Crippen LogP) is 4.74. The average molecular weight is 427 g/mol. The first kappa shape index (κ1) is 20.0. The Labute approximate surface area is 169 Å². The van der Waals surface area contributed by atoms with Crippen LogP contribution in [0.5, 0.6) is 0 Å². The van der Waals surface area contributed by atoms with Crippen LogP contribution in [0.1, 0.15) is 35.7 Å². The minimum atomic E-state index is -3.32. The summed E-state index contributed by atoms with van der Waals surface area (Å²) in [4.78, 5) is 12.5. The van der Waals surface area contributed by atoms with Crippen LogP contribution in [0.4, 0.5) is 11.4 Å². The molecule has 2 aromatic rings. The van der Waals surface area contributed by atoms with Crippen molar-refractivity contribution >= 4 is 50.5 Å². The summed E-state index contributed by atoms with van der Waals surface area (Å²) in [7, 11) is -3.32. The van der Waals surface area contributed by atoms with E-state index in [4.69, 9.17) is 23.2 Å². The van der Waals surface area contributed by atoms with Gasteiger partial charge in [-0.3, -0.25) is 9.10 Å². The molecule has 8 heteroatoms. The van der Waals surface area contributed by atoms with Crippen molar-refractivity contribution in [2.24, 2.45) is 0 Å². The van der Waals surface area contributed by atoms with E-state index in [9.17, 15) is 13.2 Å². The van der Waals surface area contributed by atoms with E-state index in [1.807, 2.05) is 13.0 Å². The van der Waals surface area contributed by atoms with E-state index >= 15 is 0 Å². The number of benzene rings is 2. The molecule has 3 rings (SSSR count). The highest BCUT2D eigenvalue weighted by Gasteiger charge is 2.27. The number of sulfonamides is 1. The molecule has 2 aromatic carbocycles. The van der Waals surface area contributed by atoms with Gasteiger partial charge in [0.1, 0.15) is 0 Å². The molecule has 0 aliphatic carbocycles. The molecule has 0 saturated heterocycles. The lowest BCUT2D eigenvalue weighted by molar-refractivity contribution is 0.102. The minimum absolute atomic E-state index is 0.123. The van der Waals surface area contributed by atoms with Gasteiger partial charge in [0.25, 0.3) is 5.91 Å². The van der Waals surface area contributed by atoms with Crippen LogP contribution in [0.3, 0.4) is 0 Å². The summed E-state index contributed by atoms with van der Waals surface area (Å²) in [6.45, 7) is 2.33. The maximum atomic E-state index is 12.5. The normalized spacial score (nSPS) is 14.0. The molecule has 0 fully saturated rings. The Bertz CT molecular complexity index is 977. The average Bonchev–Trinajstić information content (AvgIpc) is 2.63. The van der Waals surface area contributed by atoms with Crippen molar-refractivity contribution < 1.29 is 13.2 Å². The number of nitrogens with one attached hydrogen (secondary N) is 1. The summed E-state index contributed by atoms with van der Waals surface area (Å²) in [5.41, 5.74) is 2.46. The Morgan fingerprint density at radius 2 is 1.96 bits per heavy atom. The monoisotopic (exact) mass is 426 g/mol. The second-order valence-electron chi connectivity index (χ2n) is 6.41. The number of carbonyl (C=O) groups is 1. The van der Waals surface area contributed by atoms with Crippen LogP contribution in [0.2, 0.25) is 10.0 Å². The molecule has 0 bridgehead atoms. The van der Waals surface area contributed by atoms with Crippen molar-refractivity contribution in [3.8, 4) is 0 Å². The molecule has 0 saturated carbocycles. The van der Waals surface area contributed by atoms with Crippen LogP contribution in [0.15, 0.2) is 36.4 Å². The van der Waals surface area contributed by atoms with E-state index in [1.54, 1.807) is 24.3 Å². The summed E-state index contributed by atoms with van der Waals surface area (Å²) < 4.78 is 26.5. The number of amides is 1. The summed E-state index contributed by atoms with van der Waals surface area (Å²) in [5, 5.41) is 3.54. The number of hydrogen-bond acceptors (Lipinski definition) is 3. The second-order valence-corrected chi connectivity index (χ2v) is 9.27. The fourth-order valence-electron chi connectivity index (χ4n) is 3.17. The Morgan fingerprint density at radius 3 is 2.70 bits per heavy atom. The first-order valence-electron chi connectivity index (χ1n) is 8.71. The summed E-state index contributed by atoms with van der Waals surface area (Å²) in [6.07, 6.45) is 2.07. The summed E-state index contributed by atoms with van der Waals surface area (Å²) in [5.74, 6) is -0.244. The van der Waals surface area contributed by atoms with Gasteiger partial charge in [-0.25, -0.2) is 8.42 Å². The van der Waals surface area contributed by atoms with Gasteiger partial charge in [0.05, 0.1) is 22.0 Å². The highest BCUT2D eigenvalue weighted by Crippen LogP contribution is 2.32. The van der Waals surface area contributed by atoms with Crippen molar-refractivity contribution in [2.75, 3.05) is 21.9 Å². The number of carbonyl (C=O) groups excluding carboxylic acids is 1. The molecular weight excluding hydrogens is 407 g/mol. The fraction of sp³-hybridized carbons (Fsp3) is 0.316.